The minimum atomic E-state index is -0.981. The number of hydrogen-bond acceptors (Lipinski definition) is 3. The summed E-state index contributed by atoms with van der Waals surface area (Å²) in [4.78, 5) is 27.8. The van der Waals surface area contributed by atoms with Crippen molar-refractivity contribution in [2.45, 2.75) is 0 Å². The summed E-state index contributed by atoms with van der Waals surface area (Å²) in [6.07, 6.45) is 6.16. The van der Waals surface area contributed by atoms with E-state index in [0.717, 1.165) is 29.4 Å². The Bertz CT molecular complexity index is 544. The average Bonchev–Trinajstić information content (AvgIpc) is 2.62. The lowest BCUT2D eigenvalue weighted by Gasteiger charge is -1.96. The first-order chi connectivity index (χ1) is 11.7. The number of rotatable bonds is 5. The molecule has 0 unspecified atom stereocenters. The van der Waals surface area contributed by atoms with Gasteiger partial charge in [0.1, 0.15) is 0 Å². The minimum Gasteiger partial charge on any atom is -0.478 e. The molecule has 0 fully saturated rings. The van der Waals surface area contributed by atoms with Crippen LogP contribution in [0.2, 0.25) is 0 Å². The van der Waals surface area contributed by atoms with Crippen LogP contribution in [0.1, 0.15) is 11.1 Å². The molecule has 1 rings (SSSR count). The first-order valence-electron chi connectivity index (χ1n) is 6.60. The Hall–Kier alpha value is -3.67. The monoisotopic (exact) mass is 346 g/mol. The molecule has 0 radical (unpaired) electrons. The minimum absolute atomic E-state index is 0.833. The van der Waals surface area contributed by atoms with Crippen LogP contribution in [0, 0.1) is 0 Å². The number of aliphatic carboxylic acids is 3. The van der Waals surface area contributed by atoms with E-state index in [1.54, 1.807) is 0 Å². The van der Waals surface area contributed by atoms with E-state index in [2.05, 4.69) is 32.9 Å². The van der Waals surface area contributed by atoms with Crippen molar-refractivity contribution in [1.82, 2.24) is 0 Å². The Labute approximate surface area is 147 Å². The normalized spacial score (nSPS) is 7.36. The van der Waals surface area contributed by atoms with Crippen LogP contribution in [0.4, 0.5) is 0 Å². The average molecular weight is 346 g/mol. The molecule has 6 heteroatoms. The Morgan fingerprint density at radius 3 is 0.960 bits per heavy atom. The van der Waals surface area contributed by atoms with Gasteiger partial charge in [-0.3, -0.25) is 0 Å². The van der Waals surface area contributed by atoms with E-state index < -0.39 is 17.9 Å². The fraction of sp³-hybridized carbons (Fsp3) is 0. The second-order valence-electron chi connectivity index (χ2n) is 3.66. The summed E-state index contributed by atoms with van der Waals surface area (Å²) in [5.74, 6) is -2.94. The van der Waals surface area contributed by atoms with Crippen molar-refractivity contribution >= 4 is 30.1 Å². The van der Waals surface area contributed by atoms with Gasteiger partial charge in [0.05, 0.1) is 0 Å². The second-order valence-corrected chi connectivity index (χ2v) is 3.66. The van der Waals surface area contributed by atoms with Crippen LogP contribution in [-0.2, 0) is 14.4 Å². The second kappa shape index (κ2) is 18.4. The van der Waals surface area contributed by atoms with Crippen LogP contribution >= 0.6 is 0 Å². The Balaban J connectivity index is -0.000000279. The van der Waals surface area contributed by atoms with E-state index in [-0.39, 0.29) is 0 Å². The van der Waals surface area contributed by atoms with E-state index in [9.17, 15) is 14.4 Å². The van der Waals surface area contributed by atoms with Gasteiger partial charge in [0.2, 0.25) is 0 Å². The van der Waals surface area contributed by atoms with Gasteiger partial charge >= 0.3 is 17.9 Å². The highest BCUT2D eigenvalue weighted by Gasteiger charge is 1.89. The Morgan fingerprint density at radius 2 is 0.840 bits per heavy atom. The summed E-state index contributed by atoms with van der Waals surface area (Å²) in [5.41, 5.74) is 2.27. The Kier molecular flexibility index (Phi) is 19.3. The molecule has 0 aliphatic rings. The largest absolute Gasteiger partial charge is 0.478 e. The zero-order valence-electron chi connectivity index (χ0n) is 13.8. The third-order valence-electron chi connectivity index (χ3n) is 1.96. The van der Waals surface area contributed by atoms with Crippen molar-refractivity contribution in [2.75, 3.05) is 0 Å². The maximum atomic E-state index is 9.25. The predicted molar refractivity (Wildman–Crippen MR) is 100 cm³/mol. The van der Waals surface area contributed by atoms with E-state index in [4.69, 9.17) is 15.3 Å². The van der Waals surface area contributed by atoms with E-state index in [1.807, 2.05) is 36.4 Å². The highest BCUT2D eigenvalue weighted by Crippen LogP contribution is 2.10. The molecule has 0 aliphatic carbocycles. The van der Waals surface area contributed by atoms with Gasteiger partial charge in [-0.1, -0.05) is 69.3 Å². The summed E-state index contributed by atoms with van der Waals surface area (Å²) >= 11 is 0. The SMILES string of the molecule is C=CC(=O)O.C=CC(=O)O.C=CC(=O)O.C=Cc1ccccc1C=C. The molecule has 0 amide bonds. The lowest BCUT2D eigenvalue weighted by Crippen LogP contribution is -1.82. The fourth-order valence-corrected chi connectivity index (χ4v) is 0.883. The van der Waals surface area contributed by atoms with Gasteiger partial charge in [0.15, 0.2) is 0 Å². The van der Waals surface area contributed by atoms with Crippen molar-refractivity contribution in [3.63, 3.8) is 0 Å². The highest BCUT2D eigenvalue weighted by atomic mass is 16.4. The number of benzene rings is 1. The third-order valence-corrected chi connectivity index (χ3v) is 1.96. The first-order valence-corrected chi connectivity index (χ1v) is 6.60. The smallest absolute Gasteiger partial charge is 0.327 e. The number of carbonyl (C=O) groups is 3. The molecule has 0 aliphatic heterocycles. The molecule has 0 saturated carbocycles. The van der Waals surface area contributed by atoms with Gasteiger partial charge in [0.25, 0.3) is 0 Å². The summed E-state index contributed by atoms with van der Waals surface area (Å²) < 4.78 is 0. The van der Waals surface area contributed by atoms with Crippen LogP contribution in [0.3, 0.4) is 0 Å². The van der Waals surface area contributed by atoms with Gasteiger partial charge in [-0.05, 0) is 11.1 Å². The van der Waals surface area contributed by atoms with E-state index >= 15 is 0 Å². The third kappa shape index (κ3) is 22.7. The van der Waals surface area contributed by atoms with Gasteiger partial charge in [-0.2, -0.15) is 0 Å². The van der Waals surface area contributed by atoms with Crippen molar-refractivity contribution in [2.24, 2.45) is 0 Å². The molecule has 0 spiro atoms. The lowest BCUT2D eigenvalue weighted by molar-refractivity contribution is -0.132. The van der Waals surface area contributed by atoms with Crippen molar-refractivity contribution in [3.05, 3.63) is 86.5 Å². The topological polar surface area (TPSA) is 112 Å². The molecule has 3 N–H and O–H groups in total. The van der Waals surface area contributed by atoms with Crippen LogP contribution in [0.15, 0.2) is 75.4 Å². The molecule has 1 aromatic carbocycles. The molecule has 0 saturated heterocycles. The number of carboxylic acids is 3. The quantitative estimate of drug-likeness (QED) is 0.700. The fourth-order valence-electron chi connectivity index (χ4n) is 0.883. The van der Waals surface area contributed by atoms with Gasteiger partial charge in [-0.25, -0.2) is 14.4 Å². The number of hydrogen-bond donors (Lipinski definition) is 3. The predicted octanol–water partition coefficient (Wildman–Crippen LogP) is 3.74. The molecule has 0 atom stereocenters. The molecule has 0 bridgehead atoms. The van der Waals surface area contributed by atoms with Gasteiger partial charge in [-0.15, -0.1) is 0 Å². The zero-order valence-corrected chi connectivity index (χ0v) is 13.8. The van der Waals surface area contributed by atoms with Crippen LogP contribution in [-0.4, -0.2) is 33.2 Å². The van der Waals surface area contributed by atoms with Crippen molar-refractivity contribution < 1.29 is 29.7 Å². The number of carboxylic acid groups (broad SMARTS) is 3. The Morgan fingerprint density at radius 1 is 0.640 bits per heavy atom. The summed E-state index contributed by atoms with van der Waals surface area (Å²) in [6, 6.07) is 8.02. The van der Waals surface area contributed by atoms with Crippen molar-refractivity contribution in [1.29, 1.82) is 0 Å². The maximum absolute atomic E-state index is 9.25. The zero-order chi connectivity index (χ0) is 20.3. The molecule has 0 heterocycles. The molecular formula is C19H22O6. The van der Waals surface area contributed by atoms with E-state index in [0.29, 0.717) is 0 Å². The maximum Gasteiger partial charge on any atom is 0.327 e. The molecule has 6 nitrogen and oxygen atoms in total. The van der Waals surface area contributed by atoms with Crippen LogP contribution in [0.5, 0.6) is 0 Å². The van der Waals surface area contributed by atoms with E-state index in [1.165, 1.54) is 0 Å². The first kappa shape index (κ1) is 26.2. The van der Waals surface area contributed by atoms with Crippen LogP contribution in [0.25, 0.3) is 12.2 Å². The van der Waals surface area contributed by atoms with Gasteiger partial charge < -0.3 is 15.3 Å². The van der Waals surface area contributed by atoms with Crippen LogP contribution < -0.4 is 0 Å². The highest BCUT2D eigenvalue weighted by molar-refractivity contribution is 5.79. The molecule has 134 valence electrons. The lowest BCUT2D eigenvalue weighted by atomic mass is 10.1. The standard InChI is InChI=1S/C10H10.3C3H4O2/c1-3-9-7-5-6-8-10(9)4-2;3*1-2-3(4)5/h3-8H,1-2H2;3*2H,1H2,(H,4,5). The molecule has 0 aromatic heterocycles. The van der Waals surface area contributed by atoms with Gasteiger partial charge in [0, 0.05) is 18.2 Å². The molecule has 25 heavy (non-hydrogen) atoms. The summed E-state index contributed by atoms with van der Waals surface area (Å²) in [7, 11) is 0. The molecular weight excluding hydrogens is 324 g/mol. The summed E-state index contributed by atoms with van der Waals surface area (Å²) in [6.45, 7) is 16.3. The summed E-state index contributed by atoms with van der Waals surface area (Å²) in [5, 5.41) is 22.8. The van der Waals surface area contributed by atoms with Crippen molar-refractivity contribution in [3.8, 4) is 0 Å². The molecule has 1 aromatic rings.